The van der Waals surface area contributed by atoms with E-state index in [-0.39, 0.29) is 30.7 Å². The minimum atomic E-state index is -0.0699. The number of halogens is 3. The Hall–Kier alpha value is -1.27. The maximum Gasteiger partial charge on any atom is 0.276 e. The highest BCUT2D eigenvalue weighted by molar-refractivity contribution is 6.33. The lowest BCUT2D eigenvalue weighted by Gasteiger charge is -2.38. The molecule has 0 bridgehead atoms. The van der Waals surface area contributed by atoms with Gasteiger partial charge >= 0.3 is 0 Å². The normalized spacial score (nSPS) is 18.3. The van der Waals surface area contributed by atoms with Crippen LogP contribution in [0.5, 0.6) is 0 Å². The van der Waals surface area contributed by atoms with Crippen LogP contribution in [0, 0.1) is 5.41 Å². The molecule has 2 aliphatic rings. The number of rotatable bonds is 2. The van der Waals surface area contributed by atoms with E-state index < -0.39 is 0 Å². The summed E-state index contributed by atoms with van der Waals surface area (Å²) in [6, 6.07) is 7.35. The predicted octanol–water partition coefficient (Wildman–Crippen LogP) is 4.05. The van der Waals surface area contributed by atoms with Crippen LogP contribution in [0.3, 0.4) is 0 Å². The third kappa shape index (κ3) is 3.86. The molecule has 0 saturated carbocycles. The molecule has 0 radical (unpaired) electrons. The standard InChI is InChI=1S/C18H20ClN3O2.2ClH/c19-14-4-2-1-3-13(14)16-15(21-12-24-16)17(23)22-9-6-18(7-10-22)5-8-20-11-18;;/h1-4,12,20H,5-11H2;2*1H. The van der Waals surface area contributed by atoms with E-state index in [9.17, 15) is 4.79 Å². The predicted molar refractivity (Wildman–Crippen MR) is 107 cm³/mol. The van der Waals surface area contributed by atoms with Crippen LogP contribution in [-0.2, 0) is 0 Å². The second-order valence-corrected chi connectivity index (χ2v) is 7.14. The Morgan fingerprint density at radius 2 is 1.92 bits per heavy atom. The number of nitrogens with zero attached hydrogens (tertiary/aromatic N) is 2. The van der Waals surface area contributed by atoms with Crippen LogP contribution in [0.2, 0.25) is 5.02 Å². The van der Waals surface area contributed by atoms with Gasteiger partial charge in [0.05, 0.1) is 5.02 Å². The van der Waals surface area contributed by atoms with Gasteiger partial charge in [0.15, 0.2) is 17.8 Å². The van der Waals surface area contributed by atoms with Crippen molar-refractivity contribution < 1.29 is 9.21 Å². The first-order valence-corrected chi connectivity index (χ1v) is 8.75. The molecule has 1 amide bonds. The zero-order chi connectivity index (χ0) is 16.6. The topological polar surface area (TPSA) is 58.4 Å². The fourth-order valence-electron chi connectivity index (χ4n) is 3.79. The van der Waals surface area contributed by atoms with Crippen LogP contribution in [0.25, 0.3) is 11.3 Å². The molecule has 2 saturated heterocycles. The molecule has 1 aromatic carbocycles. The minimum Gasteiger partial charge on any atom is -0.443 e. The molecule has 8 heteroatoms. The summed E-state index contributed by atoms with van der Waals surface area (Å²) in [7, 11) is 0. The van der Waals surface area contributed by atoms with Gasteiger partial charge in [0.1, 0.15) is 0 Å². The van der Waals surface area contributed by atoms with Crippen molar-refractivity contribution in [3.8, 4) is 11.3 Å². The van der Waals surface area contributed by atoms with E-state index in [2.05, 4.69) is 10.3 Å². The highest BCUT2D eigenvalue weighted by Gasteiger charge is 2.39. The number of nitrogens with one attached hydrogen (secondary N) is 1. The molecule has 5 nitrogen and oxygen atoms in total. The third-order valence-corrected chi connectivity index (χ3v) is 5.66. The Bertz CT molecular complexity index is 750. The molecular weight excluding hydrogens is 397 g/mol. The van der Waals surface area contributed by atoms with E-state index in [1.165, 1.54) is 12.8 Å². The number of hydrogen-bond acceptors (Lipinski definition) is 4. The number of aromatic nitrogens is 1. The molecule has 0 atom stereocenters. The first-order chi connectivity index (χ1) is 11.7. The van der Waals surface area contributed by atoms with E-state index in [0.717, 1.165) is 39.0 Å². The Morgan fingerprint density at radius 1 is 1.19 bits per heavy atom. The molecule has 2 fully saturated rings. The van der Waals surface area contributed by atoms with Crippen molar-refractivity contribution >= 4 is 42.3 Å². The van der Waals surface area contributed by atoms with E-state index in [1.807, 2.05) is 23.1 Å². The van der Waals surface area contributed by atoms with Gasteiger partial charge in [-0.05, 0) is 43.4 Å². The summed E-state index contributed by atoms with van der Waals surface area (Å²) in [5, 5.41) is 4.00. The molecule has 26 heavy (non-hydrogen) atoms. The number of carbonyl (C=O) groups is 1. The maximum atomic E-state index is 12.9. The SMILES string of the molecule is Cl.Cl.O=C(c1ncoc1-c1ccccc1Cl)N1CCC2(CCNC2)CC1. The van der Waals surface area contributed by atoms with Crippen LogP contribution < -0.4 is 5.32 Å². The summed E-state index contributed by atoms with van der Waals surface area (Å²) in [5.74, 6) is 0.382. The van der Waals surface area contributed by atoms with Gasteiger partial charge in [0, 0.05) is 25.2 Å². The summed E-state index contributed by atoms with van der Waals surface area (Å²) >= 11 is 6.24. The summed E-state index contributed by atoms with van der Waals surface area (Å²) < 4.78 is 5.48. The van der Waals surface area contributed by atoms with Gasteiger partial charge in [-0.15, -0.1) is 24.8 Å². The molecule has 4 rings (SSSR count). The largest absolute Gasteiger partial charge is 0.443 e. The number of oxazole rings is 1. The van der Waals surface area contributed by atoms with Crippen LogP contribution in [0.4, 0.5) is 0 Å². The summed E-state index contributed by atoms with van der Waals surface area (Å²) in [5.41, 5.74) is 1.43. The fourth-order valence-corrected chi connectivity index (χ4v) is 4.01. The Labute approximate surface area is 170 Å². The van der Waals surface area contributed by atoms with E-state index in [0.29, 0.717) is 27.5 Å². The first kappa shape index (κ1) is 21.0. The van der Waals surface area contributed by atoms with Gasteiger partial charge in [-0.25, -0.2) is 4.98 Å². The third-order valence-electron chi connectivity index (χ3n) is 5.33. The molecule has 1 N–H and O–H groups in total. The number of amides is 1. The Morgan fingerprint density at radius 3 is 2.58 bits per heavy atom. The molecule has 2 aliphatic heterocycles. The Kier molecular flexibility index (Phi) is 6.97. The van der Waals surface area contributed by atoms with Gasteiger partial charge in [0.25, 0.3) is 5.91 Å². The van der Waals surface area contributed by atoms with Crippen LogP contribution >= 0.6 is 36.4 Å². The molecule has 0 unspecified atom stereocenters. The number of piperidine rings is 1. The van der Waals surface area contributed by atoms with Crippen molar-refractivity contribution in [2.45, 2.75) is 19.3 Å². The van der Waals surface area contributed by atoms with Crippen molar-refractivity contribution in [1.82, 2.24) is 15.2 Å². The number of hydrogen-bond donors (Lipinski definition) is 1. The highest BCUT2D eigenvalue weighted by atomic mass is 35.5. The van der Waals surface area contributed by atoms with Crippen molar-refractivity contribution in [3.63, 3.8) is 0 Å². The first-order valence-electron chi connectivity index (χ1n) is 8.37. The second-order valence-electron chi connectivity index (χ2n) is 6.73. The van der Waals surface area contributed by atoms with E-state index >= 15 is 0 Å². The second kappa shape index (κ2) is 8.61. The van der Waals surface area contributed by atoms with Crippen molar-refractivity contribution in [2.24, 2.45) is 5.41 Å². The Balaban J connectivity index is 0.00000121. The molecule has 1 spiro atoms. The van der Waals surface area contributed by atoms with Gasteiger partial charge in [-0.3, -0.25) is 4.79 Å². The summed E-state index contributed by atoms with van der Waals surface area (Å²) in [4.78, 5) is 19.0. The molecular formula is C18H22Cl3N3O2. The highest BCUT2D eigenvalue weighted by Crippen LogP contribution is 2.38. The number of benzene rings is 1. The van der Waals surface area contributed by atoms with Gasteiger partial charge in [0.2, 0.25) is 0 Å². The summed E-state index contributed by atoms with van der Waals surface area (Å²) in [6.45, 7) is 3.71. The average molecular weight is 419 g/mol. The maximum absolute atomic E-state index is 12.9. The zero-order valence-corrected chi connectivity index (χ0v) is 16.6. The van der Waals surface area contributed by atoms with Gasteiger partial charge < -0.3 is 14.6 Å². The van der Waals surface area contributed by atoms with Crippen LogP contribution in [0.15, 0.2) is 35.1 Å². The molecule has 142 valence electrons. The zero-order valence-electron chi connectivity index (χ0n) is 14.2. The van der Waals surface area contributed by atoms with E-state index in [4.69, 9.17) is 16.0 Å². The average Bonchev–Trinajstić information content (AvgIpc) is 3.25. The number of likely N-dealkylation sites (tertiary alicyclic amines) is 1. The molecule has 3 heterocycles. The lowest BCUT2D eigenvalue weighted by Crippen LogP contribution is -2.44. The minimum absolute atomic E-state index is 0. The quantitative estimate of drug-likeness (QED) is 0.799. The monoisotopic (exact) mass is 417 g/mol. The van der Waals surface area contributed by atoms with Gasteiger partial charge in [-0.2, -0.15) is 0 Å². The van der Waals surface area contributed by atoms with Crippen molar-refractivity contribution in [3.05, 3.63) is 41.4 Å². The summed E-state index contributed by atoms with van der Waals surface area (Å²) in [6.07, 6.45) is 4.62. The smallest absolute Gasteiger partial charge is 0.276 e. The number of carbonyl (C=O) groups excluding carboxylic acids is 1. The van der Waals surface area contributed by atoms with Crippen molar-refractivity contribution in [2.75, 3.05) is 26.2 Å². The molecule has 1 aromatic heterocycles. The molecule has 0 aliphatic carbocycles. The van der Waals surface area contributed by atoms with E-state index in [1.54, 1.807) is 6.07 Å². The van der Waals surface area contributed by atoms with Crippen LogP contribution in [0.1, 0.15) is 29.8 Å². The van der Waals surface area contributed by atoms with Crippen molar-refractivity contribution in [1.29, 1.82) is 0 Å². The van der Waals surface area contributed by atoms with Gasteiger partial charge in [-0.1, -0.05) is 23.7 Å². The lowest BCUT2D eigenvalue weighted by molar-refractivity contribution is 0.0603. The lowest BCUT2D eigenvalue weighted by atomic mass is 9.78. The molecule has 2 aromatic rings. The fraction of sp³-hybridized carbons (Fsp3) is 0.444. The van der Waals surface area contributed by atoms with Crippen LogP contribution in [-0.4, -0.2) is 42.0 Å².